The van der Waals surface area contributed by atoms with Crippen LogP contribution in [0.3, 0.4) is 0 Å². The SMILES string of the molecule is CCNC(=NCCCc1ccc(N(C)C)cc1)NCCCOCC1CCOC1.I. The number of hydrogen-bond acceptors (Lipinski definition) is 4. The zero-order valence-electron chi connectivity index (χ0n) is 18.3. The summed E-state index contributed by atoms with van der Waals surface area (Å²) in [4.78, 5) is 6.81. The molecule has 0 spiro atoms. The highest BCUT2D eigenvalue weighted by Crippen LogP contribution is 2.13. The molecular formula is C22H39IN4O2. The number of aliphatic imine (C=N–C) groups is 1. The molecule has 166 valence electrons. The van der Waals surface area contributed by atoms with Crippen LogP contribution in [0.2, 0.25) is 0 Å². The van der Waals surface area contributed by atoms with Crippen LogP contribution in [0.1, 0.15) is 31.7 Å². The van der Waals surface area contributed by atoms with E-state index in [1.165, 1.54) is 11.3 Å². The first-order valence-electron chi connectivity index (χ1n) is 10.6. The average Bonchev–Trinajstić information content (AvgIpc) is 3.21. The minimum Gasteiger partial charge on any atom is -0.381 e. The Kier molecular flexibility index (Phi) is 14.1. The molecule has 0 aromatic heterocycles. The lowest BCUT2D eigenvalue weighted by molar-refractivity contribution is 0.0888. The number of benzene rings is 1. The van der Waals surface area contributed by atoms with Gasteiger partial charge >= 0.3 is 0 Å². The maximum Gasteiger partial charge on any atom is 0.191 e. The number of ether oxygens (including phenoxy) is 2. The third-order valence-electron chi connectivity index (χ3n) is 4.83. The predicted molar refractivity (Wildman–Crippen MR) is 133 cm³/mol. The predicted octanol–water partition coefficient (Wildman–Crippen LogP) is 3.30. The minimum atomic E-state index is 0. The molecule has 0 radical (unpaired) electrons. The zero-order chi connectivity index (χ0) is 20.0. The summed E-state index contributed by atoms with van der Waals surface area (Å²) in [6, 6.07) is 8.76. The minimum absolute atomic E-state index is 0. The summed E-state index contributed by atoms with van der Waals surface area (Å²) in [5.41, 5.74) is 2.60. The van der Waals surface area contributed by atoms with E-state index in [9.17, 15) is 0 Å². The second-order valence-corrected chi connectivity index (χ2v) is 7.51. The van der Waals surface area contributed by atoms with Crippen molar-refractivity contribution in [3.8, 4) is 0 Å². The molecule has 0 amide bonds. The highest BCUT2D eigenvalue weighted by atomic mass is 127. The fraction of sp³-hybridized carbons (Fsp3) is 0.682. The van der Waals surface area contributed by atoms with Crippen LogP contribution in [0.15, 0.2) is 29.3 Å². The number of guanidine groups is 1. The van der Waals surface area contributed by atoms with Crippen molar-refractivity contribution in [2.24, 2.45) is 10.9 Å². The zero-order valence-corrected chi connectivity index (χ0v) is 20.6. The van der Waals surface area contributed by atoms with E-state index in [4.69, 9.17) is 9.47 Å². The summed E-state index contributed by atoms with van der Waals surface area (Å²) in [7, 11) is 4.13. The van der Waals surface area contributed by atoms with Gasteiger partial charge in [-0.25, -0.2) is 0 Å². The lowest BCUT2D eigenvalue weighted by Crippen LogP contribution is -2.38. The molecule has 6 nitrogen and oxygen atoms in total. The smallest absolute Gasteiger partial charge is 0.191 e. The third-order valence-corrected chi connectivity index (χ3v) is 4.83. The van der Waals surface area contributed by atoms with Crippen molar-refractivity contribution in [1.82, 2.24) is 10.6 Å². The molecule has 1 aromatic carbocycles. The quantitative estimate of drug-likeness (QED) is 0.193. The van der Waals surface area contributed by atoms with Crippen LogP contribution in [0.25, 0.3) is 0 Å². The van der Waals surface area contributed by atoms with Gasteiger partial charge in [-0.3, -0.25) is 4.99 Å². The second-order valence-electron chi connectivity index (χ2n) is 7.51. The lowest BCUT2D eigenvalue weighted by Gasteiger charge is -2.13. The molecule has 1 aromatic rings. The summed E-state index contributed by atoms with van der Waals surface area (Å²) in [5, 5.41) is 6.71. The molecule has 1 aliphatic rings. The molecule has 0 aliphatic carbocycles. The molecule has 1 fully saturated rings. The van der Waals surface area contributed by atoms with Crippen LogP contribution in [0.4, 0.5) is 5.69 Å². The molecular weight excluding hydrogens is 479 g/mol. The molecule has 2 N–H and O–H groups in total. The molecule has 0 saturated carbocycles. The van der Waals surface area contributed by atoms with E-state index in [-0.39, 0.29) is 24.0 Å². The van der Waals surface area contributed by atoms with Crippen LogP contribution in [-0.4, -0.2) is 66.1 Å². The first kappa shape index (κ1) is 26.0. The number of nitrogens with zero attached hydrogens (tertiary/aromatic N) is 2. The van der Waals surface area contributed by atoms with Crippen molar-refractivity contribution in [2.45, 2.75) is 32.6 Å². The highest BCUT2D eigenvalue weighted by Gasteiger charge is 2.15. The molecule has 7 heteroatoms. The summed E-state index contributed by atoms with van der Waals surface area (Å²) < 4.78 is 11.1. The number of hydrogen-bond donors (Lipinski definition) is 2. The van der Waals surface area contributed by atoms with Crippen molar-refractivity contribution < 1.29 is 9.47 Å². The molecule has 29 heavy (non-hydrogen) atoms. The monoisotopic (exact) mass is 518 g/mol. The normalized spacial score (nSPS) is 16.4. The Morgan fingerprint density at radius 1 is 1.21 bits per heavy atom. The molecule has 1 saturated heterocycles. The number of anilines is 1. The summed E-state index contributed by atoms with van der Waals surface area (Å²) in [6.07, 6.45) is 4.21. The Labute approximate surface area is 193 Å². The Hall–Kier alpha value is -1.06. The first-order valence-corrected chi connectivity index (χ1v) is 10.6. The van der Waals surface area contributed by atoms with E-state index in [0.717, 1.165) is 77.7 Å². The molecule has 1 unspecified atom stereocenters. The van der Waals surface area contributed by atoms with Gasteiger partial charge in [-0.1, -0.05) is 12.1 Å². The Morgan fingerprint density at radius 2 is 2.00 bits per heavy atom. The van der Waals surface area contributed by atoms with Crippen molar-refractivity contribution in [1.29, 1.82) is 0 Å². The number of aryl methyl sites for hydroxylation is 1. The molecule has 1 heterocycles. The van der Waals surface area contributed by atoms with Gasteiger partial charge in [0.1, 0.15) is 0 Å². The lowest BCUT2D eigenvalue weighted by atomic mass is 10.1. The molecule has 0 bridgehead atoms. The van der Waals surface area contributed by atoms with Crippen molar-refractivity contribution in [3.63, 3.8) is 0 Å². The van der Waals surface area contributed by atoms with Crippen LogP contribution < -0.4 is 15.5 Å². The van der Waals surface area contributed by atoms with Gasteiger partial charge in [-0.05, 0) is 50.3 Å². The van der Waals surface area contributed by atoms with E-state index in [1.54, 1.807) is 0 Å². The van der Waals surface area contributed by atoms with Crippen LogP contribution >= 0.6 is 24.0 Å². The van der Waals surface area contributed by atoms with Crippen LogP contribution in [0, 0.1) is 5.92 Å². The Morgan fingerprint density at radius 3 is 2.66 bits per heavy atom. The third kappa shape index (κ3) is 11.1. The van der Waals surface area contributed by atoms with Gasteiger partial charge in [0.25, 0.3) is 0 Å². The standard InChI is InChI=1S/C22H38N4O2.HI/c1-4-23-22(25-14-6-15-27-17-20-12-16-28-18-20)24-13-5-7-19-8-10-21(11-9-19)26(2)3;/h8-11,20H,4-7,12-18H2,1-3H3,(H2,23,24,25);1H. The maximum atomic E-state index is 5.75. The topological polar surface area (TPSA) is 58.1 Å². The number of halogens is 1. The summed E-state index contributed by atoms with van der Waals surface area (Å²) >= 11 is 0. The van der Waals surface area contributed by atoms with Crippen LogP contribution in [0.5, 0.6) is 0 Å². The summed E-state index contributed by atoms with van der Waals surface area (Å²) in [5.74, 6) is 1.49. The number of nitrogens with one attached hydrogen (secondary N) is 2. The van der Waals surface area contributed by atoms with Gasteiger partial charge in [0.15, 0.2) is 5.96 Å². The van der Waals surface area contributed by atoms with Crippen molar-refractivity contribution >= 4 is 35.6 Å². The van der Waals surface area contributed by atoms with E-state index < -0.39 is 0 Å². The Bertz CT molecular complexity index is 560. The van der Waals surface area contributed by atoms with Crippen LogP contribution in [-0.2, 0) is 15.9 Å². The molecule has 1 aliphatic heterocycles. The molecule has 1 atom stereocenters. The van der Waals surface area contributed by atoms with Gasteiger partial charge in [0, 0.05) is 58.5 Å². The average molecular weight is 518 g/mol. The summed E-state index contributed by atoms with van der Waals surface area (Å²) in [6.45, 7) is 8.01. The second kappa shape index (κ2) is 15.7. The Balaban J connectivity index is 0.00000420. The van der Waals surface area contributed by atoms with E-state index in [1.807, 2.05) is 0 Å². The van der Waals surface area contributed by atoms with E-state index in [2.05, 4.69) is 65.8 Å². The fourth-order valence-electron chi connectivity index (χ4n) is 3.12. The van der Waals surface area contributed by atoms with E-state index in [0.29, 0.717) is 5.92 Å². The van der Waals surface area contributed by atoms with Gasteiger partial charge in [-0.2, -0.15) is 0 Å². The van der Waals surface area contributed by atoms with E-state index >= 15 is 0 Å². The largest absolute Gasteiger partial charge is 0.381 e. The molecule has 2 rings (SSSR count). The number of rotatable bonds is 12. The fourth-order valence-corrected chi connectivity index (χ4v) is 3.12. The van der Waals surface area contributed by atoms with Gasteiger partial charge in [-0.15, -0.1) is 24.0 Å². The van der Waals surface area contributed by atoms with Crippen molar-refractivity contribution in [2.75, 3.05) is 65.1 Å². The van der Waals surface area contributed by atoms with Crippen molar-refractivity contribution in [3.05, 3.63) is 29.8 Å². The highest BCUT2D eigenvalue weighted by molar-refractivity contribution is 14.0. The maximum absolute atomic E-state index is 5.75. The van der Waals surface area contributed by atoms with Gasteiger partial charge < -0.3 is 25.0 Å². The van der Waals surface area contributed by atoms with Gasteiger partial charge in [0.2, 0.25) is 0 Å². The first-order chi connectivity index (χ1) is 13.7. The van der Waals surface area contributed by atoms with Gasteiger partial charge in [0.05, 0.1) is 13.2 Å².